The average Bonchev–Trinajstić information content (AvgIpc) is 4.11. The molecule has 0 radical (unpaired) electrons. The molecule has 4 aliphatic rings. The first-order valence-corrected chi connectivity index (χ1v) is 29.5. The Kier molecular flexibility index (Phi) is 21.0. The van der Waals surface area contributed by atoms with E-state index in [-0.39, 0.29) is 162 Å². The third kappa shape index (κ3) is 15.0. The molecule has 0 bridgehead atoms. The average molecular weight is 1130 g/mol. The minimum atomic E-state index is -0.619. The Morgan fingerprint density at radius 2 is 0.877 bits per heavy atom. The van der Waals surface area contributed by atoms with E-state index in [0.717, 1.165) is 64.2 Å². The van der Waals surface area contributed by atoms with Crippen molar-refractivity contribution in [3.63, 3.8) is 0 Å². The second-order valence-electron chi connectivity index (χ2n) is 22.6. The van der Waals surface area contributed by atoms with Gasteiger partial charge in [0.1, 0.15) is 48.2 Å². The fourth-order valence-corrected chi connectivity index (χ4v) is 11.8. The number of piperazine rings is 2. The molecule has 2 aliphatic carbocycles. The molecular weight excluding hydrogens is 1040 g/mol. The van der Waals surface area contributed by atoms with E-state index < -0.39 is 35.5 Å². The summed E-state index contributed by atoms with van der Waals surface area (Å²) >= 11 is 0. The Hall–Kier alpha value is -6.90. The zero-order chi connectivity index (χ0) is 57.7. The number of carbonyl (C=O) groups is 8. The van der Waals surface area contributed by atoms with Crippen LogP contribution >= 0.6 is 0 Å². The number of aromatic nitrogens is 2. The molecule has 2 aliphatic heterocycles. The summed E-state index contributed by atoms with van der Waals surface area (Å²) in [4.78, 5) is 116. The van der Waals surface area contributed by atoms with Crippen LogP contribution in [0.1, 0.15) is 126 Å². The first kappa shape index (κ1) is 60.2. The van der Waals surface area contributed by atoms with Crippen LogP contribution in [-0.2, 0) is 46.6 Å². The number of amides is 8. The first-order chi connectivity index (χ1) is 39.0. The maximum atomic E-state index is 14.5. The summed E-state index contributed by atoms with van der Waals surface area (Å²) in [5.74, 6) is -3.40. The van der Waals surface area contributed by atoms with Gasteiger partial charge in [0.2, 0.25) is 35.4 Å². The number of rotatable bonds is 22. The van der Waals surface area contributed by atoms with Gasteiger partial charge in [0, 0.05) is 99.1 Å². The lowest BCUT2D eigenvalue weighted by Crippen LogP contribution is -2.58. The molecule has 4 N–H and O–H groups in total. The van der Waals surface area contributed by atoms with Gasteiger partial charge in [-0.2, -0.15) is 0 Å². The molecule has 4 fully saturated rings. The van der Waals surface area contributed by atoms with Crippen LogP contribution in [0.5, 0.6) is 0 Å². The minimum Gasteiger partial charge on any atom is -0.378 e. The molecule has 4 aromatic rings. The van der Waals surface area contributed by atoms with E-state index in [0.29, 0.717) is 34.6 Å². The maximum Gasteiger partial charge on any atom is 0.270 e. The van der Waals surface area contributed by atoms with Crippen LogP contribution in [0.4, 0.5) is 8.78 Å². The Morgan fingerprint density at radius 3 is 1.23 bits per heavy atom. The summed E-state index contributed by atoms with van der Waals surface area (Å²) < 4.78 is 37.8. The van der Waals surface area contributed by atoms with Gasteiger partial charge in [-0.1, -0.05) is 66.2 Å². The van der Waals surface area contributed by atoms with Gasteiger partial charge in [-0.05, 0) is 98.9 Å². The van der Waals surface area contributed by atoms with Crippen LogP contribution in [0.2, 0.25) is 0 Å². The SMILES string of the molecule is CC[C@@H](C)C(=O)N[C@H](C(=O)N1CCN(C(=O)c2cc3cc(F)ccc3n2CC(=O)NCCOCCNC(=O)Cn2c(C(=O)N3CCN(C(=O)[C@@H](NC(=O)[C@H](C)CC)C4CCCCC4)CC3)cc3cc(F)ccc32)CC1)C1CCCCC1. The lowest BCUT2D eigenvalue weighted by atomic mass is 9.83. The number of nitrogens with one attached hydrogen (secondary N) is 4. The van der Waals surface area contributed by atoms with Gasteiger partial charge in [-0.25, -0.2) is 8.78 Å². The molecule has 19 nitrogen and oxygen atoms in total. The molecule has 4 atom stereocenters. The highest BCUT2D eigenvalue weighted by atomic mass is 19.1. The van der Waals surface area contributed by atoms with Gasteiger partial charge in [-0.15, -0.1) is 0 Å². The highest BCUT2D eigenvalue weighted by Crippen LogP contribution is 2.31. The van der Waals surface area contributed by atoms with Gasteiger partial charge >= 0.3 is 0 Å². The predicted molar refractivity (Wildman–Crippen MR) is 302 cm³/mol. The number of carbonyl (C=O) groups excluding carboxylic acids is 8. The van der Waals surface area contributed by atoms with Crippen molar-refractivity contribution in [2.75, 3.05) is 78.7 Å². The van der Waals surface area contributed by atoms with Crippen molar-refractivity contribution >= 4 is 69.1 Å². The number of hydrogen-bond donors (Lipinski definition) is 4. The van der Waals surface area contributed by atoms with E-state index in [1.807, 2.05) is 27.7 Å². The van der Waals surface area contributed by atoms with Crippen LogP contribution in [0.15, 0.2) is 48.5 Å². The number of nitrogens with zero attached hydrogens (tertiary/aromatic N) is 6. The molecule has 81 heavy (non-hydrogen) atoms. The molecular formula is C60H82F2N10O9. The summed E-state index contributed by atoms with van der Waals surface area (Å²) in [6.45, 7) is 9.54. The third-order valence-electron chi connectivity index (χ3n) is 17.2. The number of hydrogen-bond acceptors (Lipinski definition) is 9. The van der Waals surface area contributed by atoms with Crippen molar-refractivity contribution in [2.24, 2.45) is 23.7 Å². The molecule has 2 aromatic carbocycles. The van der Waals surface area contributed by atoms with Gasteiger partial charge in [-0.3, -0.25) is 38.4 Å². The zero-order valence-electron chi connectivity index (χ0n) is 47.6. The molecule has 4 heterocycles. The summed E-state index contributed by atoms with van der Waals surface area (Å²) in [6, 6.07) is 10.1. The number of ether oxygens (including phenoxy) is 1. The molecule has 2 saturated heterocycles. The molecule has 2 saturated carbocycles. The molecule has 440 valence electrons. The fourth-order valence-electron chi connectivity index (χ4n) is 11.8. The van der Waals surface area contributed by atoms with Crippen LogP contribution in [-0.4, -0.2) is 167 Å². The number of fused-ring (bicyclic) bond motifs is 2. The number of halogens is 2. The third-order valence-corrected chi connectivity index (χ3v) is 17.2. The Balaban J connectivity index is 0.802. The molecule has 21 heteroatoms. The maximum absolute atomic E-state index is 14.5. The molecule has 2 aromatic heterocycles. The largest absolute Gasteiger partial charge is 0.378 e. The second-order valence-corrected chi connectivity index (χ2v) is 22.6. The quantitative estimate of drug-likeness (QED) is 0.0719. The van der Waals surface area contributed by atoms with E-state index in [4.69, 9.17) is 4.74 Å². The Labute approximate surface area is 473 Å². The zero-order valence-corrected chi connectivity index (χ0v) is 47.6. The van der Waals surface area contributed by atoms with E-state index in [1.54, 1.807) is 40.9 Å². The van der Waals surface area contributed by atoms with Crippen molar-refractivity contribution in [3.05, 3.63) is 71.6 Å². The summed E-state index contributed by atoms with van der Waals surface area (Å²) in [7, 11) is 0. The lowest BCUT2D eigenvalue weighted by molar-refractivity contribution is -0.140. The van der Waals surface area contributed by atoms with Crippen LogP contribution in [0.3, 0.4) is 0 Å². The van der Waals surface area contributed by atoms with E-state index >= 15 is 0 Å². The Morgan fingerprint density at radius 1 is 0.519 bits per heavy atom. The van der Waals surface area contributed by atoms with Crippen molar-refractivity contribution in [3.8, 4) is 0 Å². The smallest absolute Gasteiger partial charge is 0.270 e. The minimum absolute atomic E-state index is 0.0544. The van der Waals surface area contributed by atoms with E-state index in [9.17, 15) is 47.1 Å². The monoisotopic (exact) mass is 1120 g/mol. The lowest BCUT2D eigenvalue weighted by Gasteiger charge is -2.39. The van der Waals surface area contributed by atoms with Crippen molar-refractivity contribution in [1.82, 2.24) is 50.0 Å². The van der Waals surface area contributed by atoms with Gasteiger partial charge < -0.3 is 54.7 Å². The normalized spacial score (nSPS) is 18.0. The van der Waals surface area contributed by atoms with Gasteiger partial charge in [0.25, 0.3) is 11.8 Å². The first-order valence-electron chi connectivity index (χ1n) is 29.5. The Bertz CT molecular complexity index is 2710. The van der Waals surface area contributed by atoms with Gasteiger partial charge in [0.15, 0.2) is 0 Å². The second kappa shape index (κ2) is 28.2. The molecule has 0 unspecified atom stereocenters. The summed E-state index contributed by atoms with van der Waals surface area (Å²) in [6.07, 6.45) is 11.1. The highest BCUT2D eigenvalue weighted by molar-refractivity contribution is 6.01. The summed E-state index contributed by atoms with van der Waals surface area (Å²) in [5, 5.41) is 12.7. The molecule has 8 rings (SSSR count). The van der Waals surface area contributed by atoms with E-state index in [2.05, 4.69) is 21.3 Å². The highest BCUT2D eigenvalue weighted by Gasteiger charge is 2.39. The predicted octanol–water partition coefficient (Wildman–Crippen LogP) is 5.61. The summed E-state index contributed by atoms with van der Waals surface area (Å²) in [5.41, 5.74) is 1.39. The topological polar surface area (TPSA) is 217 Å². The van der Waals surface area contributed by atoms with Gasteiger partial charge in [0.05, 0.1) is 13.2 Å². The van der Waals surface area contributed by atoms with E-state index in [1.165, 1.54) is 36.4 Å². The molecule has 0 spiro atoms. The fraction of sp³-hybridized carbons (Fsp3) is 0.600. The van der Waals surface area contributed by atoms with Crippen molar-refractivity contribution < 1.29 is 51.9 Å². The standard InChI is InChI=1S/C60H82F2N10O9/c1-5-39(3)55(75)65-53(41-13-9-7-10-14-41)59(79)69-27-23-67(24-28-69)57(77)49-35-43-33-45(61)17-19-47(43)71(49)37-51(73)63-21-31-81-32-22-64-52(74)38-72-48-20-18-46(62)34-44(48)36-50(72)58(78)68-25-29-70(30-26-68)60(80)54(42-15-11-8-12-16-42)66-56(76)40(4)6-2/h17-20,33-36,39-42,53-54H,5-16,21-32,37-38H2,1-4H3,(H,63,73)(H,64,74)(H,65,75)(H,66,76)/t39-,40-,53+,54+/m1/s1. The van der Waals surface area contributed by atoms with Crippen molar-refractivity contribution in [2.45, 2.75) is 130 Å². The number of benzene rings is 2. The van der Waals surface area contributed by atoms with Crippen LogP contribution in [0.25, 0.3) is 21.8 Å². The van der Waals surface area contributed by atoms with Crippen molar-refractivity contribution in [1.29, 1.82) is 0 Å². The van der Waals surface area contributed by atoms with Crippen LogP contribution in [0, 0.1) is 35.3 Å². The molecule has 8 amide bonds. The van der Waals surface area contributed by atoms with Crippen LogP contribution < -0.4 is 21.3 Å².